The first kappa shape index (κ1) is 23.8. The van der Waals surface area contributed by atoms with E-state index in [1.165, 1.54) is 33.3 Å². The molecular weight excluding hydrogens is 468 g/mol. The number of rotatable bonds is 9. The third-order valence-corrected chi connectivity index (χ3v) is 6.92. The van der Waals surface area contributed by atoms with Gasteiger partial charge >= 0.3 is 0 Å². The quantitative estimate of drug-likeness (QED) is 0.251. The molecule has 3 N–H and O–H groups in total. The number of anilines is 1. The molecule has 8 nitrogen and oxygen atoms in total. The van der Waals surface area contributed by atoms with Crippen LogP contribution in [0.15, 0.2) is 65.1 Å². The van der Waals surface area contributed by atoms with Crippen molar-refractivity contribution in [1.29, 1.82) is 0 Å². The minimum atomic E-state index is -0.451. The molecule has 1 amide bonds. The number of hydrogen-bond acceptors (Lipinski definition) is 8. The van der Waals surface area contributed by atoms with Crippen LogP contribution in [0, 0.1) is 0 Å². The number of amides is 1. The lowest BCUT2D eigenvalue weighted by Gasteiger charge is -2.10. The van der Waals surface area contributed by atoms with Gasteiger partial charge < -0.3 is 15.9 Å². The van der Waals surface area contributed by atoms with Gasteiger partial charge in [0, 0.05) is 10.9 Å². The lowest BCUT2D eigenvalue weighted by Crippen LogP contribution is -2.24. The number of carbonyl (C=O) groups is 1. The largest absolute Gasteiger partial charge is 0.486 e. The summed E-state index contributed by atoms with van der Waals surface area (Å²) in [4.78, 5) is 17.2. The molecule has 0 saturated heterocycles. The van der Waals surface area contributed by atoms with Gasteiger partial charge in [0.2, 0.25) is 11.1 Å². The molecule has 0 saturated carbocycles. The number of thiazole rings is 1. The standard InChI is InChI=1S/C24H26N6O2S2/c1-15(2)17-9-11-19(12-10-17)32-13-21-28-29-24(30(21)25)34-16(3)22(31)27-23-26-20(14-33-23)18-7-5-4-6-8-18/h4-12,14-16H,13,25H2,1-3H3,(H,26,27,31). The molecule has 0 spiro atoms. The van der Waals surface area contributed by atoms with E-state index in [2.05, 4.69) is 34.3 Å². The van der Waals surface area contributed by atoms with E-state index in [1.807, 2.05) is 60.0 Å². The number of nitrogens with one attached hydrogen (secondary N) is 1. The zero-order chi connectivity index (χ0) is 24.1. The molecule has 34 heavy (non-hydrogen) atoms. The van der Waals surface area contributed by atoms with Gasteiger partial charge in [-0.05, 0) is 30.5 Å². The number of benzene rings is 2. The first-order valence-corrected chi connectivity index (χ1v) is 12.6. The van der Waals surface area contributed by atoms with Crippen molar-refractivity contribution < 1.29 is 9.53 Å². The van der Waals surface area contributed by atoms with Crippen LogP contribution in [0.2, 0.25) is 0 Å². The Morgan fingerprint density at radius 1 is 1.12 bits per heavy atom. The van der Waals surface area contributed by atoms with Gasteiger partial charge in [-0.1, -0.05) is 68.1 Å². The summed E-state index contributed by atoms with van der Waals surface area (Å²) in [6.07, 6.45) is 0. The maximum Gasteiger partial charge on any atom is 0.239 e. The summed E-state index contributed by atoms with van der Waals surface area (Å²) in [5.41, 5.74) is 3.07. The highest BCUT2D eigenvalue weighted by molar-refractivity contribution is 8.00. The molecule has 1 unspecified atom stereocenters. The normalized spacial score (nSPS) is 12.0. The molecule has 0 aliphatic rings. The number of hydrogen-bond donors (Lipinski definition) is 2. The molecule has 176 valence electrons. The molecule has 1 atom stereocenters. The molecule has 2 aromatic heterocycles. The van der Waals surface area contributed by atoms with E-state index in [-0.39, 0.29) is 12.5 Å². The fourth-order valence-electron chi connectivity index (χ4n) is 3.07. The highest BCUT2D eigenvalue weighted by Gasteiger charge is 2.21. The first-order valence-electron chi connectivity index (χ1n) is 10.8. The van der Waals surface area contributed by atoms with Crippen LogP contribution in [0.5, 0.6) is 5.75 Å². The second kappa shape index (κ2) is 10.7. The van der Waals surface area contributed by atoms with E-state index in [0.717, 1.165) is 17.0 Å². The summed E-state index contributed by atoms with van der Waals surface area (Å²) in [5, 5.41) is 13.5. The van der Waals surface area contributed by atoms with E-state index in [9.17, 15) is 4.79 Å². The first-order chi connectivity index (χ1) is 16.4. The number of nitrogens with zero attached hydrogens (tertiary/aromatic N) is 4. The number of aromatic nitrogens is 4. The van der Waals surface area contributed by atoms with Crippen molar-refractivity contribution in [2.75, 3.05) is 11.2 Å². The molecule has 0 radical (unpaired) electrons. The Morgan fingerprint density at radius 3 is 2.56 bits per heavy atom. The van der Waals surface area contributed by atoms with Crippen LogP contribution in [-0.4, -0.2) is 31.0 Å². The van der Waals surface area contributed by atoms with Crippen molar-refractivity contribution in [3.05, 3.63) is 71.4 Å². The second-order valence-corrected chi connectivity index (χ2v) is 10.1. The van der Waals surface area contributed by atoms with Crippen LogP contribution < -0.4 is 15.9 Å². The topological polar surface area (TPSA) is 108 Å². The molecule has 0 bridgehead atoms. The third kappa shape index (κ3) is 5.75. The fourth-order valence-corrected chi connectivity index (χ4v) is 4.59. The van der Waals surface area contributed by atoms with Gasteiger partial charge in [0.05, 0.1) is 10.9 Å². The Hall–Kier alpha value is -3.37. The number of nitrogens with two attached hydrogens (primary N) is 1. The summed E-state index contributed by atoms with van der Waals surface area (Å²) in [7, 11) is 0. The predicted molar refractivity (Wildman–Crippen MR) is 137 cm³/mol. The zero-order valence-electron chi connectivity index (χ0n) is 19.1. The minimum Gasteiger partial charge on any atom is -0.486 e. The van der Waals surface area contributed by atoms with Crippen LogP contribution in [0.25, 0.3) is 11.3 Å². The maximum atomic E-state index is 12.7. The lowest BCUT2D eigenvalue weighted by atomic mass is 10.0. The SMILES string of the molecule is CC(Sc1nnc(COc2ccc(C(C)C)cc2)n1N)C(=O)Nc1nc(-c2ccccc2)cs1. The predicted octanol–water partition coefficient (Wildman–Crippen LogP) is 4.94. The van der Waals surface area contributed by atoms with Crippen molar-refractivity contribution >= 4 is 34.1 Å². The summed E-state index contributed by atoms with van der Waals surface area (Å²) < 4.78 is 7.15. The average Bonchev–Trinajstić information content (AvgIpc) is 3.45. The van der Waals surface area contributed by atoms with Gasteiger partial charge in [-0.2, -0.15) is 0 Å². The molecule has 0 aliphatic heterocycles. The Labute approximate surface area is 206 Å². The lowest BCUT2D eigenvalue weighted by molar-refractivity contribution is -0.115. The molecular formula is C24H26N6O2S2. The maximum absolute atomic E-state index is 12.7. The van der Waals surface area contributed by atoms with Crippen molar-refractivity contribution in [3.63, 3.8) is 0 Å². The Balaban J connectivity index is 1.32. The van der Waals surface area contributed by atoms with Crippen LogP contribution >= 0.6 is 23.1 Å². The number of nitrogen functional groups attached to an aromatic ring is 1. The van der Waals surface area contributed by atoms with E-state index < -0.39 is 5.25 Å². The van der Waals surface area contributed by atoms with Crippen LogP contribution in [0.1, 0.15) is 38.1 Å². The van der Waals surface area contributed by atoms with Gasteiger partial charge in [0.1, 0.15) is 12.4 Å². The minimum absolute atomic E-state index is 0.174. The Morgan fingerprint density at radius 2 is 1.85 bits per heavy atom. The van der Waals surface area contributed by atoms with Crippen LogP contribution in [0.3, 0.4) is 0 Å². The smallest absolute Gasteiger partial charge is 0.239 e. The fraction of sp³-hybridized carbons (Fsp3) is 0.250. The van der Waals surface area contributed by atoms with Gasteiger partial charge in [-0.25, -0.2) is 9.66 Å². The summed E-state index contributed by atoms with van der Waals surface area (Å²) in [6.45, 7) is 6.25. The number of carbonyl (C=O) groups excluding carboxylic acids is 1. The highest BCUT2D eigenvalue weighted by Crippen LogP contribution is 2.27. The molecule has 4 rings (SSSR count). The van der Waals surface area contributed by atoms with Gasteiger partial charge in [0.25, 0.3) is 0 Å². The van der Waals surface area contributed by atoms with Crippen molar-refractivity contribution in [1.82, 2.24) is 19.9 Å². The summed E-state index contributed by atoms with van der Waals surface area (Å²) >= 11 is 2.61. The molecule has 2 aromatic carbocycles. The average molecular weight is 495 g/mol. The Bertz CT molecular complexity index is 1240. The second-order valence-electron chi connectivity index (χ2n) is 7.93. The number of ether oxygens (including phenoxy) is 1. The summed E-state index contributed by atoms with van der Waals surface area (Å²) in [5.74, 6) is 7.62. The number of thioether (sulfide) groups is 1. The monoisotopic (exact) mass is 494 g/mol. The van der Waals surface area contributed by atoms with E-state index in [0.29, 0.717) is 22.0 Å². The van der Waals surface area contributed by atoms with Crippen LogP contribution in [-0.2, 0) is 11.4 Å². The van der Waals surface area contributed by atoms with Crippen LogP contribution in [0.4, 0.5) is 5.13 Å². The van der Waals surface area contributed by atoms with Gasteiger partial charge in [-0.15, -0.1) is 21.5 Å². The highest BCUT2D eigenvalue weighted by atomic mass is 32.2. The molecule has 0 fully saturated rings. The van der Waals surface area contributed by atoms with Gasteiger partial charge in [-0.3, -0.25) is 4.79 Å². The molecule has 10 heteroatoms. The van der Waals surface area contributed by atoms with E-state index in [4.69, 9.17) is 10.6 Å². The summed E-state index contributed by atoms with van der Waals surface area (Å²) in [6, 6.07) is 17.8. The zero-order valence-corrected chi connectivity index (χ0v) is 20.8. The van der Waals surface area contributed by atoms with Crippen molar-refractivity contribution in [3.8, 4) is 17.0 Å². The molecule has 0 aliphatic carbocycles. The molecule has 2 heterocycles. The van der Waals surface area contributed by atoms with Crippen molar-refractivity contribution in [2.24, 2.45) is 0 Å². The van der Waals surface area contributed by atoms with E-state index in [1.54, 1.807) is 6.92 Å². The van der Waals surface area contributed by atoms with Crippen molar-refractivity contribution in [2.45, 2.75) is 43.7 Å². The van der Waals surface area contributed by atoms with Gasteiger partial charge in [0.15, 0.2) is 11.0 Å². The third-order valence-electron chi connectivity index (χ3n) is 5.11. The molecule has 4 aromatic rings. The Kier molecular flexibility index (Phi) is 7.49. The van der Waals surface area contributed by atoms with E-state index >= 15 is 0 Å².